The average molecular weight is 260 g/mol. The number of pyridine rings is 1. The van der Waals surface area contributed by atoms with Crippen molar-refractivity contribution < 1.29 is 9.90 Å². The number of hydrogen-bond acceptors (Lipinski definition) is 3. The SMILES string of the molecule is CCCCCN(C)C(=O)c1ccncc1C#CCO. The van der Waals surface area contributed by atoms with Crippen LogP contribution in [0.15, 0.2) is 18.5 Å². The van der Waals surface area contributed by atoms with Crippen molar-refractivity contribution in [3.8, 4) is 11.8 Å². The Morgan fingerprint density at radius 2 is 2.26 bits per heavy atom. The number of hydrogen-bond donors (Lipinski definition) is 1. The molecular weight excluding hydrogens is 240 g/mol. The quantitative estimate of drug-likeness (QED) is 0.647. The molecule has 0 atom stereocenters. The van der Waals surface area contributed by atoms with Gasteiger partial charge in [-0.05, 0) is 12.5 Å². The fourth-order valence-corrected chi connectivity index (χ4v) is 1.72. The van der Waals surface area contributed by atoms with Crippen LogP contribution in [0.4, 0.5) is 0 Å². The Morgan fingerprint density at radius 1 is 1.47 bits per heavy atom. The van der Waals surface area contributed by atoms with Crippen molar-refractivity contribution in [3.63, 3.8) is 0 Å². The van der Waals surface area contributed by atoms with Gasteiger partial charge in [-0.1, -0.05) is 31.6 Å². The molecule has 1 aromatic rings. The Morgan fingerprint density at radius 3 is 2.95 bits per heavy atom. The molecule has 0 unspecified atom stereocenters. The number of rotatable bonds is 5. The normalized spacial score (nSPS) is 9.63. The molecule has 0 fully saturated rings. The van der Waals surface area contributed by atoms with E-state index in [0.29, 0.717) is 11.1 Å². The molecule has 102 valence electrons. The number of carbonyl (C=O) groups excluding carboxylic acids is 1. The van der Waals surface area contributed by atoms with Gasteiger partial charge in [-0.3, -0.25) is 9.78 Å². The standard InChI is InChI=1S/C15H20N2O2/c1-3-4-5-10-17(2)15(19)14-8-9-16-12-13(14)7-6-11-18/h8-9,12,18H,3-5,10-11H2,1-2H3. The second-order valence-corrected chi connectivity index (χ2v) is 4.31. The van der Waals surface area contributed by atoms with Crippen LogP contribution in [0.1, 0.15) is 42.1 Å². The summed E-state index contributed by atoms with van der Waals surface area (Å²) in [6.07, 6.45) is 6.38. The first-order valence-electron chi connectivity index (χ1n) is 6.50. The molecule has 0 aliphatic rings. The molecule has 0 spiro atoms. The van der Waals surface area contributed by atoms with Gasteiger partial charge < -0.3 is 10.0 Å². The van der Waals surface area contributed by atoms with Crippen molar-refractivity contribution >= 4 is 5.91 Å². The van der Waals surface area contributed by atoms with E-state index in [1.165, 1.54) is 0 Å². The largest absolute Gasteiger partial charge is 0.384 e. The molecule has 0 aromatic carbocycles. The Bertz CT molecular complexity index is 475. The van der Waals surface area contributed by atoms with Crippen molar-refractivity contribution in [3.05, 3.63) is 29.6 Å². The van der Waals surface area contributed by atoms with Gasteiger partial charge in [0.15, 0.2) is 0 Å². The average Bonchev–Trinajstić information content (AvgIpc) is 2.44. The number of aliphatic hydroxyl groups excluding tert-OH is 1. The van der Waals surface area contributed by atoms with Gasteiger partial charge in [-0.25, -0.2) is 0 Å². The minimum Gasteiger partial charge on any atom is -0.384 e. The van der Waals surface area contributed by atoms with Gasteiger partial charge in [0.1, 0.15) is 6.61 Å². The number of aromatic nitrogens is 1. The van der Waals surface area contributed by atoms with Gasteiger partial charge in [0.2, 0.25) is 0 Å². The second-order valence-electron chi connectivity index (χ2n) is 4.31. The first-order chi connectivity index (χ1) is 9.20. The molecule has 1 rings (SSSR count). The lowest BCUT2D eigenvalue weighted by Crippen LogP contribution is -2.28. The first kappa shape index (κ1) is 15.2. The summed E-state index contributed by atoms with van der Waals surface area (Å²) in [5, 5.41) is 8.72. The highest BCUT2D eigenvalue weighted by molar-refractivity contribution is 5.96. The smallest absolute Gasteiger partial charge is 0.254 e. The fraction of sp³-hybridized carbons (Fsp3) is 0.467. The van der Waals surface area contributed by atoms with E-state index in [2.05, 4.69) is 23.7 Å². The predicted molar refractivity (Wildman–Crippen MR) is 74.7 cm³/mol. The van der Waals surface area contributed by atoms with E-state index in [0.717, 1.165) is 25.8 Å². The van der Waals surface area contributed by atoms with Crippen LogP contribution in [0.25, 0.3) is 0 Å². The number of amides is 1. The van der Waals surface area contributed by atoms with E-state index in [1.807, 2.05) is 0 Å². The highest BCUT2D eigenvalue weighted by Gasteiger charge is 2.14. The van der Waals surface area contributed by atoms with Crippen LogP contribution in [0.5, 0.6) is 0 Å². The summed E-state index contributed by atoms with van der Waals surface area (Å²) in [5.41, 5.74) is 1.10. The molecule has 0 aliphatic heterocycles. The van der Waals surface area contributed by atoms with Crippen molar-refractivity contribution in [1.29, 1.82) is 0 Å². The van der Waals surface area contributed by atoms with Crippen molar-refractivity contribution in [2.45, 2.75) is 26.2 Å². The van der Waals surface area contributed by atoms with Crippen molar-refractivity contribution in [1.82, 2.24) is 9.88 Å². The lowest BCUT2D eigenvalue weighted by atomic mass is 10.1. The van der Waals surface area contributed by atoms with Crippen LogP contribution in [0.2, 0.25) is 0 Å². The summed E-state index contributed by atoms with van der Waals surface area (Å²) in [5.74, 6) is 5.25. The number of aliphatic hydroxyl groups is 1. The van der Waals surface area contributed by atoms with Crippen LogP contribution < -0.4 is 0 Å². The first-order valence-corrected chi connectivity index (χ1v) is 6.50. The van der Waals surface area contributed by atoms with E-state index >= 15 is 0 Å². The van der Waals surface area contributed by atoms with E-state index in [1.54, 1.807) is 30.4 Å². The van der Waals surface area contributed by atoms with Crippen LogP contribution in [0.3, 0.4) is 0 Å². The lowest BCUT2D eigenvalue weighted by molar-refractivity contribution is 0.0792. The molecule has 1 heterocycles. The van der Waals surface area contributed by atoms with Crippen molar-refractivity contribution in [2.24, 2.45) is 0 Å². The summed E-state index contributed by atoms with van der Waals surface area (Å²) in [7, 11) is 1.79. The van der Waals surface area contributed by atoms with Crippen LogP contribution in [0, 0.1) is 11.8 Å². The molecule has 1 N–H and O–H groups in total. The molecule has 19 heavy (non-hydrogen) atoms. The van der Waals surface area contributed by atoms with Gasteiger partial charge in [-0.2, -0.15) is 0 Å². The van der Waals surface area contributed by atoms with E-state index in [-0.39, 0.29) is 12.5 Å². The van der Waals surface area contributed by atoms with Gasteiger partial charge in [0.25, 0.3) is 5.91 Å². The molecule has 0 aliphatic carbocycles. The Labute approximate surface area is 114 Å². The van der Waals surface area contributed by atoms with Crippen LogP contribution in [-0.4, -0.2) is 41.1 Å². The van der Waals surface area contributed by atoms with Gasteiger partial charge in [0.05, 0.1) is 11.1 Å². The summed E-state index contributed by atoms with van der Waals surface area (Å²) < 4.78 is 0. The zero-order chi connectivity index (χ0) is 14.1. The van der Waals surface area contributed by atoms with Gasteiger partial charge in [-0.15, -0.1) is 0 Å². The highest BCUT2D eigenvalue weighted by atomic mass is 16.2. The van der Waals surface area contributed by atoms with E-state index in [9.17, 15) is 4.79 Å². The molecule has 0 bridgehead atoms. The minimum atomic E-state index is -0.227. The fourth-order valence-electron chi connectivity index (χ4n) is 1.72. The predicted octanol–water partition coefficient (Wildman–Crippen LogP) is 1.69. The summed E-state index contributed by atoms with van der Waals surface area (Å²) in [4.78, 5) is 18.0. The van der Waals surface area contributed by atoms with E-state index in [4.69, 9.17) is 5.11 Å². The van der Waals surface area contributed by atoms with Gasteiger partial charge in [0, 0.05) is 26.0 Å². The summed E-state index contributed by atoms with van der Waals surface area (Å²) >= 11 is 0. The maximum Gasteiger partial charge on any atom is 0.254 e. The topological polar surface area (TPSA) is 53.4 Å². The summed E-state index contributed by atoms with van der Waals surface area (Å²) in [6.45, 7) is 2.64. The molecular formula is C15H20N2O2. The third-order valence-corrected chi connectivity index (χ3v) is 2.80. The third-order valence-electron chi connectivity index (χ3n) is 2.80. The lowest BCUT2D eigenvalue weighted by Gasteiger charge is -2.17. The monoisotopic (exact) mass is 260 g/mol. The molecule has 4 nitrogen and oxygen atoms in total. The molecule has 0 saturated heterocycles. The number of unbranched alkanes of at least 4 members (excludes halogenated alkanes) is 2. The zero-order valence-electron chi connectivity index (χ0n) is 11.5. The molecule has 1 aromatic heterocycles. The molecule has 0 radical (unpaired) electrons. The van der Waals surface area contributed by atoms with Crippen molar-refractivity contribution in [2.75, 3.05) is 20.2 Å². The molecule has 1 amide bonds. The van der Waals surface area contributed by atoms with Gasteiger partial charge >= 0.3 is 0 Å². The maximum absolute atomic E-state index is 12.3. The second kappa shape index (κ2) is 8.28. The highest BCUT2D eigenvalue weighted by Crippen LogP contribution is 2.09. The van der Waals surface area contributed by atoms with E-state index < -0.39 is 0 Å². The molecule has 0 saturated carbocycles. The Kier molecular flexibility index (Phi) is 6.62. The Hall–Kier alpha value is -1.86. The summed E-state index contributed by atoms with van der Waals surface area (Å²) in [6, 6.07) is 1.67. The molecule has 4 heteroatoms. The minimum absolute atomic E-state index is 0.0549. The number of nitrogens with zero attached hydrogens (tertiary/aromatic N) is 2. The van der Waals surface area contributed by atoms with Crippen LogP contribution in [-0.2, 0) is 0 Å². The van der Waals surface area contributed by atoms with Crippen LogP contribution >= 0.6 is 0 Å². The number of carbonyl (C=O) groups is 1. The Balaban J connectivity index is 2.81. The maximum atomic E-state index is 12.3. The zero-order valence-corrected chi connectivity index (χ0v) is 11.5. The third kappa shape index (κ3) is 4.72.